The standard InChI is InChI=1S/C24H31NO2/c1-17(2)15-23(20-10-5-4-6-11-20)25-24(26)18(3)27-22-14-13-19-9-7-8-12-21(19)16-22/h4-6,10-11,13-14,16-18,23H,7-9,12,15H2,1-3H3,(H,25,26). The Morgan fingerprint density at radius 2 is 1.70 bits per heavy atom. The first-order valence-corrected chi connectivity index (χ1v) is 10.2. The molecule has 3 nitrogen and oxygen atoms in total. The number of carbonyl (C=O) groups excluding carboxylic acids is 1. The summed E-state index contributed by atoms with van der Waals surface area (Å²) in [4.78, 5) is 12.8. The lowest BCUT2D eigenvalue weighted by atomic mass is 9.92. The van der Waals surface area contributed by atoms with E-state index < -0.39 is 6.10 Å². The molecule has 1 amide bonds. The van der Waals surface area contributed by atoms with Crippen molar-refractivity contribution in [2.75, 3.05) is 0 Å². The molecule has 3 heteroatoms. The molecule has 0 fully saturated rings. The van der Waals surface area contributed by atoms with Crippen molar-refractivity contribution in [1.29, 1.82) is 0 Å². The van der Waals surface area contributed by atoms with Crippen LogP contribution in [0.25, 0.3) is 0 Å². The van der Waals surface area contributed by atoms with E-state index in [1.54, 1.807) is 0 Å². The molecule has 0 heterocycles. The van der Waals surface area contributed by atoms with Crippen LogP contribution in [0.3, 0.4) is 0 Å². The van der Waals surface area contributed by atoms with Crippen LogP contribution in [0.2, 0.25) is 0 Å². The highest BCUT2D eigenvalue weighted by Gasteiger charge is 2.21. The van der Waals surface area contributed by atoms with Crippen molar-refractivity contribution < 1.29 is 9.53 Å². The topological polar surface area (TPSA) is 38.3 Å². The number of ether oxygens (including phenoxy) is 1. The van der Waals surface area contributed by atoms with Crippen molar-refractivity contribution in [3.63, 3.8) is 0 Å². The van der Waals surface area contributed by atoms with Crippen LogP contribution in [-0.2, 0) is 17.6 Å². The van der Waals surface area contributed by atoms with Crippen molar-refractivity contribution in [3.8, 4) is 5.75 Å². The van der Waals surface area contributed by atoms with E-state index in [0.29, 0.717) is 5.92 Å². The number of fused-ring (bicyclic) bond motifs is 1. The molecule has 1 aliphatic carbocycles. The van der Waals surface area contributed by atoms with E-state index in [1.807, 2.05) is 31.2 Å². The molecule has 27 heavy (non-hydrogen) atoms. The first kappa shape index (κ1) is 19.5. The zero-order valence-corrected chi connectivity index (χ0v) is 16.7. The Hall–Kier alpha value is -2.29. The van der Waals surface area contributed by atoms with E-state index in [4.69, 9.17) is 4.74 Å². The Morgan fingerprint density at radius 1 is 1.00 bits per heavy atom. The first-order valence-electron chi connectivity index (χ1n) is 10.2. The fraction of sp³-hybridized carbons (Fsp3) is 0.458. The van der Waals surface area contributed by atoms with Gasteiger partial charge in [0.05, 0.1) is 6.04 Å². The third-order valence-electron chi connectivity index (χ3n) is 5.23. The summed E-state index contributed by atoms with van der Waals surface area (Å²) < 4.78 is 5.97. The molecule has 1 aliphatic rings. The van der Waals surface area contributed by atoms with Gasteiger partial charge in [0.2, 0.25) is 0 Å². The third kappa shape index (κ3) is 5.35. The lowest BCUT2D eigenvalue weighted by molar-refractivity contribution is -0.128. The van der Waals surface area contributed by atoms with Crippen LogP contribution in [0.5, 0.6) is 5.75 Å². The zero-order chi connectivity index (χ0) is 19.2. The molecule has 2 atom stereocenters. The minimum atomic E-state index is -0.523. The number of hydrogen-bond donors (Lipinski definition) is 1. The molecule has 0 radical (unpaired) electrons. The van der Waals surface area contributed by atoms with Crippen molar-refractivity contribution in [1.82, 2.24) is 5.32 Å². The Balaban J connectivity index is 1.65. The monoisotopic (exact) mass is 365 g/mol. The second-order valence-corrected chi connectivity index (χ2v) is 8.00. The highest BCUT2D eigenvalue weighted by Crippen LogP contribution is 2.26. The largest absolute Gasteiger partial charge is 0.481 e. The summed E-state index contributed by atoms with van der Waals surface area (Å²) >= 11 is 0. The predicted molar refractivity (Wildman–Crippen MR) is 110 cm³/mol. The molecule has 0 aliphatic heterocycles. The van der Waals surface area contributed by atoms with Crippen molar-refractivity contribution in [2.45, 2.75) is 65.0 Å². The van der Waals surface area contributed by atoms with Crippen LogP contribution in [-0.4, -0.2) is 12.0 Å². The van der Waals surface area contributed by atoms with Gasteiger partial charge in [-0.2, -0.15) is 0 Å². The van der Waals surface area contributed by atoms with Gasteiger partial charge in [-0.15, -0.1) is 0 Å². The van der Waals surface area contributed by atoms with Crippen molar-refractivity contribution in [3.05, 3.63) is 65.2 Å². The van der Waals surface area contributed by atoms with Gasteiger partial charge in [-0.1, -0.05) is 50.2 Å². The molecule has 2 unspecified atom stereocenters. The van der Waals surface area contributed by atoms with Crippen LogP contribution in [0, 0.1) is 5.92 Å². The molecular formula is C24H31NO2. The summed E-state index contributed by atoms with van der Waals surface area (Å²) in [6, 6.07) is 16.4. The summed E-state index contributed by atoms with van der Waals surface area (Å²) in [5, 5.41) is 3.18. The maximum atomic E-state index is 12.8. The molecule has 0 spiro atoms. The molecule has 2 aromatic carbocycles. The minimum Gasteiger partial charge on any atom is -0.481 e. The van der Waals surface area contributed by atoms with Crippen molar-refractivity contribution >= 4 is 5.91 Å². The van der Waals surface area contributed by atoms with Gasteiger partial charge in [0.15, 0.2) is 6.10 Å². The third-order valence-corrected chi connectivity index (χ3v) is 5.23. The summed E-state index contributed by atoms with van der Waals surface area (Å²) in [7, 11) is 0. The predicted octanol–water partition coefficient (Wildman–Crippen LogP) is 5.24. The maximum Gasteiger partial charge on any atom is 0.261 e. The molecule has 0 saturated carbocycles. The van der Waals surface area contributed by atoms with Gasteiger partial charge in [0, 0.05) is 0 Å². The Labute approximate surface area is 163 Å². The maximum absolute atomic E-state index is 12.8. The van der Waals surface area contributed by atoms with E-state index >= 15 is 0 Å². The molecule has 0 saturated heterocycles. The molecule has 2 aromatic rings. The fourth-order valence-electron chi connectivity index (χ4n) is 3.76. The van der Waals surface area contributed by atoms with Crippen molar-refractivity contribution in [2.24, 2.45) is 5.92 Å². The Bertz CT molecular complexity index is 754. The molecule has 0 aromatic heterocycles. The SMILES string of the molecule is CC(C)CC(NC(=O)C(C)Oc1ccc2c(c1)CCCC2)c1ccccc1. The highest BCUT2D eigenvalue weighted by molar-refractivity contribution is 5.81. The van der Waals surface area contributed by atoms with Gasteiger partial charge in [0.25, 0.3) is 5.91 Å². The van der Waals surface area contributed by atoms with E-state index in [-0.39, 0.29) is 11.9 Å². The summed E-state index contributed by atoms with van der Waals surface area (Å²) in [5.41, 5.74) is 3.93. The van der Waals surface area contributed by atoms with Crippen LogP contribution in [0.4, 0.5) is 0 Å². The van der Waals surface area contributed by atoms with Crippen LogP contribution >= 0.6 is 0 Å². The summed E-state index contributed by atoms with van der Waals surface area (Å²) in [6.45, 7) is 6.18. The van der Waals surface area contributed by atoms with Gasteiger partial charge < -0.3 is 10.1 Å². The van der Waals surface area contributed by atoms with Crippen LogP contribution < -0.4 is 10.1 Å². The quantitative estimate of drug-likeness (QED) is 0.729. The second-order valence-electron chi connectivity index (χ2n) is 8.00. The van der Waals surface area contributed by atoms with Crippen LogP contribution in [0.15, 0.2) is 48.5 Å². The van der Waals surface area contributed by atoms with E-state index in [0.717, 1.165) is 30.6 Å². The smallest absolute Gasteiger partial charge is 0.261 e. The Morgan fingerprint density at radius 3 is 2.41 bits per heavy atom. The fourth-order valence-corrected chi connectivity index (χ4v) is 3.76. The average molecular weight is 366 g/mol. The van der Waals surface area contributed by atoms with E-state index in [9.17, 15) is 4.79 Å². The second kappa shape index (κ2) is 9.07. The molecule has 144 valence electrons. The van der Waals surface area contributed by atoms with E-state index in [2.05, 4.69) is 43.4 Å². The highest BCUT2D eigenvalue weighted by atomic mass is 16.5. The zero-order valence-electron chi connectivity index (χ0n) is 16.7. The molecule has 3 rings (SSSR count). The van der Waals surface area contributed by atoms with Crippen LogP contribution in [0.1, 0.15) is 62.8 Å². The molecular weight excluding hydrogens is 334 g/mol. The number of hydrogen-bond acceptors (Lipinski definition) is 2. The normalized spacial score (nSPS) is 15.7. The lowest BCUT2D eigenvalue weighted by Gasteiger charge is -2.24. The van der Waals surface area contributed by atoms with Gasteiger partial charge in [-0.05, 0) is 73.8 Å². The van der Waals surface area contributed by atoms with Gasteiger partial charge in [-0.3, -0.25) is 4.79 Å². The van der Waals surface area contributed by atoms with E-state index in [1.165, 1.54) is 24.0 Å². The number of aryl methyl sites for hydroxylation is 2. The van der Waals surface area contributed by atoms with Gasteiger partial charge in [-0.25, -0.2) is 0 Å². The number of rotatable bonds is 7. The lowest BCUT2D eigenvalue weighted by Crippen LogP contribution is -2.39. The summed E-state index contributed by atoms with van der Waals surface area (Å²) in [5.74, 6) is 1.22. The molecule has 0 bridgehead atoms. The van der Waals surface area contributed by atoms with Gasteiger partial charge >= 0.3 is 0 Å². The molecule has 1 N–H and O–H groups in total. The number of carbonyl (C=O) groups is 1. The van der Waals surface area contributed by atoms with Gasteiger partial charge in [0.1, 0.15) is 5.75 Å². The summed E-state index contributed by atoms with van der Waals surface area (Å²) in [6.07, 6.45) is 5.15. The Kier molecular flexibility index (Phi) is 6.54. The number of nitrogens with one attached hydrogen (secondary N) is 1. The minimum absolute atomic E-state index is 0.00767. The first-order chi connectivity index (χ1) is 13.0. The number of benzene rings is 2. The average Bonchev–Trinajstić information content (AvgIpc) is 2.67. The number of amides is 1.